The van der Waals surface area contributed by atoms with Crippen molar-refractivity contribution in [2.24, 2.45) is 0 Å². The summed E-state index contributed by atoms with van der Waals surface area (Å²) in [6, 6.07) is 6.20. The minimum atomic E-state index is -0.551. The highest BCUT2D eigenvalue weighted by Crippen LogP contribution is 2.28. The van der Waals surface area contributed by atoms with Crippen LogP contribution in [0.3, 0.4) is 0 Å². The normalized spacial score (nSPS) is 15.1. The smallest absolute Gasteiger partial charge is 0.325 e. The highest BCUT2D eigenvalue weighted by Gasteiger charge is 2.13. The van der Waals surface area contributed by atoms with Crippen LogP contribution in [0, 0.1) is 11.3 Å². The third-order valence-corrected chi connectivity index (χ3v) is 3.33. The van der Waals surface area contributed by atoms with Crippen molar-refractivity contribution >= 4 is 29.1 Å². The van der Waals surface area contributed by atoms with Crippen molar-refractivity contribution in [1.29, 1.82) is 5.26 Å². The number of carbonyl (C=O) groups excluding carboxylic acids is 1. The number of nitrogens with zero attached hydrogens (tertiary/aromatic N) is 3. The van der Waals surface area contributed by atoms with Gasteiger partial charge in [-0.1, -0.05) is 11.6 Å². The van der Waals surface area contributed by atoms with Gasteiger partial charge < -0.3 is 14.8 Å². The SMILES string of the molecule is N#Cc1ncc2nc1OC/C=C\COc1cc(Cl)ccc1NC(=O)N2. The van der Waals surface area contributed by atoms with E-state index in [9.17, 15) is 4.79 Å². The van der Waals surface area contributed by atoms with Crippen molar-refractivity contribution in [2.45, 2.75) is 0 Å². The van der Waals surface area contributed by atoms with Crippen LogP contribution in [-0.4, -0.2) is 29.2 Å². The van der Waals surface area contributed by atoms with Crippen molar-refractivity contribution in [2.75, 3.05) is 23.8 Å². The zero-order valence-electron chi connectivity index (χ0n) is 12.8. The fourth-order valence-electron chi connectivity index (χ4n) is 2.00. The lowest BCUT2D eigenvalue weighted by Gasteiger charge is -2.13. The number of halogens is 1. The van der Waals surface area contributed by atoms with Crippen molar-refractivity contribution in [3.63, 3.8) is 0 Å². The number of aromatic nitrogens is 2. The predicted molar refractivity (Wildman–Crippen MR) is 91.0 cm³/mol. The van der Waals surface area contributed by atoms with Crippen LogP contribution in [0.5, 0.6) is 11.6 Å². The number of urea groups is 1. The lowest BCUT2D eigenvalue weighted by atomic mass is 10.3. The molecule has 0 radical (unpaired) electrons. The molecule has 0 unspecified atom stereocenters. The third kappa shape index (κ3) is 4.16. The van der Waals surface area contributed by atoms with Gasteiger partial charge in [-0.25, -0.2) is 9.78 Å². The summed E-state index contributed by atoms with van der Waals surface area (Å²) >= 11 is 5.97. The molecule has 1 aliphatic rings. The molecule has 0 saturated heterocycles. The number of hydrogen-bond donors (Lipinski definition) is 2. The molecular weight excluding hydrogens is 346 g/mol. The van der Waals surface area contributed by atoms with Crippen LogP contribution in [0.4, 0.5) is 16.3 Å². The van der Waals surface area contributed by atoms with Gasteiger partial charge in [0.15, 0.2) is 5.82 Å². The van der Waals surface area contributed by atoms with Crippen molar-refractivity contribution in [3.8, 4) is 17.7 Å². The average molecular weight is 358 g/mol. The van der Waals surface area contributed by atoms with Crippen LogP contribution < -0.4 is 20.1 Å². The van der Waals surface area contributed by atoms with Gasteiger partial charge in [-0.2, -0.15) is 10.2 Å². The van der Waals surface area contributed by atoms with Gasteiger partial charge in [-0.3, -0.25) is 5.32 Å². The van der Waals surface area contributed by atoms with E-state index >= 15 is 0 Å². The highest BCUT2D eigenvalue weighted by molar-refractivity contribution is 6.30. The second-order valence-electron chi connectivity index (χ2n) is 4.83. The first-order chi connectivity index (χ1) is 12.2. The summed E-state index contributed by atoms with van der Waals surface area (Å²) in [6.07, 6.45) is 4.73. The number of nitriles is 1. The first kappa shape index (κ1) is 16.5. The molecule has 1 aromatic carbocycles. The maximum absolute atomic E-state index is 12.2. The van der Waals surface area contributed by atoms with Crippen LogP contribution in [-0.2, 0) is 0 Å². The lowest BCUT2D eigenvalue weighted by molar-refractivity contribution is 0.262. The zero-order valence-corrected chi connectivity index (χ0v) is 13.6. The summed E-state index contributed by atoms with van der Waals surface area (Å²) in [7, 11) is 0. The Morgan fingerprint density at radius 2 is 2.00 bits per heavy atom. The van der Waals surface area contributed by atoms with Gasteiger partial charge in [-0.15, -0.1) is 0 Å². The van der Waals surface area contributed by atoms with E-state index in [1.54, 1.807) is 30.4 Å². The second-order valence-corrected chi connectivity index (χ2v) is 5.27. The first-order valence-electron chi connectivity index (χ1n) is 7.21. The van der Waals surface area contributed by atoms with E-state index in [0.717, 1.165) is 0 Å². The Hall–Kier alpha value is -3.31. The quantitative estimate of drug-likeness (QED) is 0.701. The van der Waals surface area contributed by atoms with E-state index in [1.165, 1.54) is 6.20 Å². The summed E-state index contributed by atoms with van der Waals surface area (Å²) in [4.78, 5) is 20.2. The standard InChI is InChI=1S/C16H12ClN5O3/c17-10-3-4-11-13(7-10)24-5-1-2-6-25-15-12(8-18)19-9-14(21-15)22-16(23)20-11/h1-4,7,9H,5-6H2,(H2,20,21,22,23)/b2-1-. The van der Waals surface area contributed by atoms with E-state index in [4.69, 9.17) is 26.3 Å². The Balaban J connectivity index is 1.92. The monoisotopic (exact) mass is 357 g/mol. The molecular formula is C16H12ClN5O3. The fourth-order valence-corrected chi connectivity index (χ4v) is 2.16. The molecule has 2 bridgehead atoms. The number of anilines is 2. The van der Waals surface area contributed by atoms with E-state index in [-0.39, 0.29) is 30.6 Å². The number of hydrogen-bond acceptors (Lipinski definition) is 6. The molecule has 0 fully saturated rings. The summed E-state index contributed by atoms with van der Waals surface area (Å²) in [5, 5.41) is 14.7. The molecule has 2 N–H and O–H groups in total. The van der Waals surface area contributed by atoms with E-state index in [2.05, 4.69) is 20.6 Å². The van der Waals surface area contributed by atoms with Crippen LogP contribution in [0.15, 0.2) is 36.5 Å². The minimum Gasteiger partial charge on any atom is -0.487 e. The Kier molecular flexibility index (Phi) is 4.97. The van der Waals surface area contributed by atoms with Gasteiger partial charge in [0, 0.05) is 11.1 Å². The predicted octanol–water partition coefficient (Wildman–Crippen LogP) is 2.97. The van der Waals surface area contributed by atoms with Gasteiger partial charge in [0.2, 0.25) is 5.69 Å². The molecule has 2 aromatic rings. The molecule has 3 rings (SSSR count). The van der Waals surface area contributed by atoms with Crippen molar-refractivity contribution < 1.29 is 14.3 Å². The first-order valence-corrected chi connectivity index (χ1v) is 7.59. The number of ether oxygens (including phenoxy) is 2. The fraction of sp³-hybridized carbons (Fsp3) is 0.125. The second kappa shape index (κ2) is 7.51. The molecule has 0 saturated carbocycles. The molecule has 0 atom stereocenters. The molecule has 1 aromatic heterocycles. The summed E-state index contributed by atoms with van der Waals surface area (Å²) in [6.45, 7) is 0.418. The number of fused-ring (bicyclic) bond motifs is 3. The van der Waals surface area contributed by atoms with Gasteiger partial charge in [0.05, 0.1) is 11.9 Å². The summed E-state index contributed by atoms with van der Waals surface area (Å²) < 4.78 is 11.0. The molecule has 126 valence electrons. The number of amides is 2. The van der Waals surface area contributed by atoms with Gasteiger partial charge in [-0.05, 0) is 24.3 Å². The Labute approximate surface area is 148 Å². The van der Waals surface area contributed by atoms with Crippen LogP contribution in [0.2, 0.25) is 5.02 Å². The molecule has 0 spiro atoms. The third-order valence-electron chi connectivity index (χ3n) is 3.10. The molecule has 1 aliphatic heterocycles. The van der Waals surface area contributed by atoms with Gasteiger partial charge in [0.25, 0.3) is 5.88 Å². The molecule has 9 heteroatoms. The number of benzene rings is 1. The van der Waals surface area contributed by atoms with Gasteiger partial charge >= 0.3 is 6.03 Å². The number of nitrogens with one attached hydrogen (secondary N) is 2. The van der Waals surface area contributed by atoms with E-state index in [0.29, 0.717) is 16.5 Å². The molecule has 0 aliphatic carbocycles. The van der Waals surface area contributed by atoms with Crippen molar-refractivity contribution in [3.05, 3.63) is 47.3 Å². The minimum absolute atomic E-state index is 0.0303. The van der Waals surface area contributed by atoms with Crippen molar-refractivity contribution in [1.82, 2.24) is 9.97 Å². The summed E-state index contributed by atoms with van der Waals surface area (Å²) in [5.41, 5.74) is 0.480. The van der Waals surface area contributed by atoms with E-state index < -0.39 is 6.03 Å². The average Bonchev–Trinajstić information content (AvgIpc) is 2.59. The van der Waals surface area contributed by atoms with Gasteiger partial charge in [0.1, 0.15) is 25.0 Å². The molecule has 2 amide bonds. The zero-order chi connectivity index (χ0) is 17.6. The largest absolute Gasteiger partial charge is 0.487 e. The molecule has 8 nitrogen and oxygen atoms in total. The summed E-state index contributed by atoms with van der Waals surface area (Å²) in [5.74, 6) is 0.607. The molecule has 25 heavy (non-hydrogen) atoms. The lowest BCUT2D eigenvalue weighted by Crippen LogP contribution is -2.21. The topological polar surface area (TPSA) is 109 Å². The Bertz CT molecular complexity index is 879. The highest BCUT2D eigenvalue weighted by atomic mass is 35.5. The maximum Gasteiger partial charge on any atom is 0.325 e. The maximum atomic E-state index is 12.2. The van der Waals surface area contributed by atoms with Crippen LogP contribution in [0.25, 0.3) is 0 Å². The van der Waals surface area contributed by atoms with Crippen LogP contribution in [0.1, 0.15) is 5.69 Å². The Morgan fingerprint density at radius 1 is 1.20 bits per heavy atom. The Morgan fingerprint density at radius 3 is 2.80 bits per heavy atom. The number of carbonyl (C=O) groups is 1. The van der Waals surface area contributed by atoms with Crippen LogP contribution >= 0.6 is 11.6 Å². The number of rotatable bonds is 0. The van der Waals surface area contributed by atoms with E-state index in [1.807, 2.05) is 6.07 Å². The molecule has 2 heterocycles.